The second-order valence-corrected chi connectivity index (χ2v) is 4.34. The van der Waals surface area contributed by atoms with Crippen molar-refractivity contribution in [2.24, 2.45) is 10.9 Å². The van der Waals surface area contributed by atoms with E-state index in [0.29, 0.717) is 18.3 Å². The van der Waals surface area contributed by atoms with Crippen molar-refractivity contribution in [3.63, 3.8) is 0 Å². The fraction of sp³-hybridized carbons (Fsp3) is 0.900. The van der Waals surface area contributed by atoms with Crippen LogP contribution in [0.5, 0.6) is 0 Å². The molecule has 0 aromatic heterocycles. The summed E-state index contributed by atoms with van der Waals surface area (Å²) >= 11 is 0. The third-order valence-electron chi connectivity index (χ3n) is 3.01. The number of likely N-dealkylation sites (N-methyl/N-ethyl adjacent to an activating group) is 1. The van der Waals surface area contributed by atoms with E-state index in [1.807, 2.05) is 0 Å². The number of hydrogen-bond acceptors (Lipinski definition) is 4. The Bertz CT molecular complexity index is 219. The minimum absolute atomic E-state index is 0.320. The van der Waals surface area contributed by atoms with Crippen molar-refractivity contribution >= 4 is 5.84 Å². The van der Waals surface area contributed by atoms with E-state index in [0.717, 1.165) is 26.2 Å². The molecule has 1 rings (SSSR count). The fourth-order valence-corrected chi connectivity index (χ4v) is 1.98. The lowest BCUT2D eigenvalue weighted by Crippen LogP contribution is -2.38. The molecule has 0 aliphatic carbocycles. The quantitative estimate of drug-likeness (QED) is 0.304. The standard InChI is InChI=1S/C10H22N4O/c1-9(8-10(11)12-15)14-5-3-4-13(2)6-7-14/h9,15H,3-8H2,1-2H3,(H2,11,12). The molecule has 15 heavy (non-hydrogen) atoms. The molecule has 1 heterocycles. The highest BCUT2D eigenvalue weighted by atomic mass is 16.4. The third kappa shape index (κ3) is 4.05. The van der Waals surface area contributed by atoms with Crippen LogP contribution in [-0.4, -0.2) is 60.1 Å². The van der Waals surface area contributed by atoms with Crippen LogP contribution in [0.1, 0.15) is 19.8 Å². The van der Waals surface area contributed by atoms with E-state index in [4.69, 9.17) is 10.9 Å². The monoisotopic (exact) mass is 214 g/mol. The number of rotatable bonds is 3. The van der Waals surface area contributed by atoms with E-state index < -0.39 is 0 Å². The van der Waals surface area contributed by atoms with Crippen molar-refractivity contribution in [2.45, 2.75) is 25.8 Å². The molecule has 0 aromatic rings. The Morgan fingerprint density at radius 1 is 1.40 bits per heavy atom. The van der Waals surface area contributed by atoms with Gasteiger partial charge in [-0.25, -0.2) is 0 Å². The topological polar surface area (TPSA) is 65.1 Å². The van der Waals surface area contributed by atoms with Gasteiger partial charge in [0.05, 0.1) is 0 Å². The molecule has 1 fully saturated rings. The molecule has 0 spiro atoms. The third-order valence-corrected chi connectivity index (χ3v) is 3.01. The Morgan fingerprint density at radius 3 is 2.80 bits per heavy atom. The summed E-state index contributed by atoms with van der Waals surface area (Å²) in [6.07, 6.45) is 1.83. The SMILES string of the molecule is CC(CC(N)=NO)N1CCCN(C)CC1. The number of nitrogens with zero attached hydrogens (tertiary/aromatic N) is 3. The van der Waals surface area contributed by atoms with Crippen LogP contribution < -0.4 is 5.73 Å². The van der Waals surface area contributed by atoms with Crippen LogP contribution in [0.4, 0.5) is 0 Å². The second kappa shape index (κ2) is 5.92. The number of nitrogens with two attached hydrogens (primary N) is 1. The van der Waals surface area contributed by atoms with Gasteiger partial charge in [0.25, 0.3) is 0 Å². The van der Waals surface area contributed by atoms with Gasteiger partial charge in [0.15, 0.2) is 0 Å². The molecule has 1 unspecified atom stereocenters. The normalized spacial score (nSPS) is 23.7. The molecule has 1 aliphatic heterocycles. The molecule has 1 atom stereocenters. The zero-order valence-corrected chi connectivity index (χ0v) is 9.69. The predicted octanol–water partition coefficient (Wildman–Crippen LogP) is 0.149. The van der Waals surface area contributed by atoms with E-state index in [-0.39, 0.29) is 0 Å². The summed E-state index contributed by atoms with van der Waals surface area (Å²) < 4.78 is 0. The first-order valence-corrected chi connectivity index (χ1v) is 5.52. The second-order valence-electron chi connectivity index (χ2n) is 4.34. The maximum absolute atomic E-state index is 8.52. The molecule has 5 nitrogen and oxygen atoms in total. The van der Waals surface area contributed by atoms with E-state index in [1.165, 1.54) is 6.42 Å². The van der Waals surface area contributed by atoms with Gasteiger partial charge >= 0.3 is 0 Å². The molecule has 0 radical (unpaired) electrons. The van der Waals surface area contributed by atoms with Crippen LogP contribution in [-0.2, 0) is 0 Å². The number of oxime groups is 1. The van der Waals surface area contributed by atoms with Crippen LogP contribution in [0, 0.1) is 0 Å². The van der Waals surface area contributed by atoms with Crippen LogP contribution in [0.2, 0.25) is 0 Å². The zero-order chi connectivity index (χ0) is 11.3. The molecule has 88 valence electrons. The predicted molar refractivity (Wildman–Crippen MR) is 61.2 cm³/mol. The van der Waals surface area contributed by atoms with Gasteiger partial charge in [-0.15, -0.1) is 0 Å². The largest absolute Gasteiger partial charge is 0.409 e. The average Bonchev–Trinajstić information content (AvgIpc) is 2.42. The van der Waals surface area contributed by atoms with Crippen molar-refractivity contribution in [3.8, 4) is 0 Å². The van der Waals surface area contributed by atoms with Crippen molar-refractivity contribution < 1.29 is 5.21 Å². The van der Waals surface area contributed by atoms with Crippen molar-refractivity contribution in [2.75, 3.05) is 33.2 Å². The molecule has 3 N–H and O–H groups in total. The van der Waals surface area contributed by atoms with Crippen LogP contribution in [0.25, 0.3) is 0 Å². The minimum atomic E-state index is 0.320. The highest BCUT2D eigenvalue weighted by molar-refractivity contribution is 5.80. The van der Waals surface area contributed by atoms with Crippen LogP contribution in [0.3, 0.4) is 0 Å². The van der Waals surface area contributed by atoms with Gasteiger partial charge in [0.1, 0.15) is 5.84 Å². The Labute approximate surface area is 91.5 Å². The van der Waals surface area contributed by atoms with E-state index in [9.17, 15) is 0 Å². The first-order valence-electron chi connectivity index (χ1n) is 5.52. The number of amidine groups is 1. The van der Waals surface area contributed by atoms with Gasteiger partial charge in [-0.1, -0.05) is 5.16 Å². The molecule has 0 saturated carbocycles. The minimum Gasteiger partial charge on any atom is -0.409 e. The van der Waals surface area contributed by atoms with E-state index in [2.05, 4.69) is 28.9 Å². The summed E-state index contributed by atoms with van der Waals surface area (Å²) in [6, 6.07) is 0.354. The summed E-state index contributed by atoms with van der Waals surface area (Å²) in [5, 5.41) is 11.5. The average molecular weight is 214 g/mol. The van der Waals surface area contributed by atoms with Gasteiger partial charge in [-0.2, -0.15) is 0 Å². The van der Waals surface area contributed by atoms with Gasteiger partial charge in [-0.05, 0) is 33.5 Å². The molecule has 0 bridgehead atoms. The molecule has 0 aromatic carbocycles. The van der Waals surface area contributed by atoms with Crippen molar-refractivity contribution in [1.29, 1.82) is 0 Å². The van der Waals surface area contributed by atoms with Gasteiger partial charge < -0.3 is 15.8 Å². The highest BCUT2D eigenvalue weighted by Crippen LogP contribution is 2.08. The van der Waals surface area contributed by atoms with Crippen LogP contribution in [0.15, 0.2) is 5.16 Å². The summed E-state index contributed by atoms with van der Waals surface area (Å²) in [7, 11) is 2.15. The Balaban J connectivity index is 2.41. The molecule has 0 amide bonds. The highest BCUT2D eigenvalue weighted by Gasteiger charge is 2.18. The summed E-state index contributed by atoms with van der Waals surface area (Å²) in [5.74, 6) is 0.320. The summed E-state index contributed by atoms with van der Waals surface area (Å²) in [4.78, 5) is 4.75. The maximum atomic E-state index is 8.52. The first-order chi connectivity index (χ1) is 7.13. The van der Waals surface area contributed by atoms with Gasteiger partial charge in [-0.3, -0.25) is 4.90 Å². The maximum Gasteiger partial charge on any atom is 0.140 e. The molecule has 1 aliphatic rings. The van der Waals surface area contributed by atoms with Gasteiger partial charge in [0.2, 0.25) is 0 Å². The fourth-order valence-electron chi connectivity index (χ4n) is 1.98. The molecule has 5 heteroatoms. The van der Waals surface area contributed by atoms with Crippen molar-refractivity contribution in [1.82, 2.24) is 9.80 Å². The molecular weight excluding hydrogens is 192 g/mol. The Morgan fingerprint density at radius 2 is 2.13 bits per heavy atom. The lowest BCUT2D eigenvalue weighted by molar-refractivity contribution is 0.217. The molecule has 1 saturated heterocycles. The smallest absolute Gasteiger partial charge is 0.140 e. The Kier molecular flexibility index (Phi) is 4.84. The van der Waals surface area contributed by atoms with Gasteiger partial charge in [0, 0.05) is 25.6 Å². The summed E-state index contributed by atoms with van der Waals surface area (Å²) in [5.41, 5.74) is 5.51. The first kappa shape index (κ1) is 12.3. The van der Waals surface area contributed by atoms with E-state index >= 15 is 0 Å². The lowest BCUT2D eigenvalue weighted by atomic mass is 10.2. The number of hydrogen-bond donors (Lipinski definition) is 2. The molecular formula is C10H22N4O. The Hall–Kier alpha value is -0.810. The summed E-state index contributed by atoms with van der Waals surface area (Å²) in [6.45, 7) is 6.55. The van der Waals surface area contributed by atoms with Crippen LogP contribution >= 0.6 is 0 Å². The lowest BCUT2D eigenvalue weighted by Gasteiger charge is -2.27. The van der Waals surface area contributed by atoms with Crippen molar-refractivity contribution in [3.05, 3.63) is 0 Å². The zero-order valence-electron chi connectivity index (χ0n) is 9.69. The van der Waals surface area contributed by atoms with E-state index in [1.54, 1.807) is 0 Å².